The summed E-state index contributed by atoms with van der Waals surface area (Å²) in [6.07, 6.45) is 0.603. The molecule has 1 heterocycles. The van der Waals surface area contributed by atoms with Crippen molar-refractivity contribution in [1.29, 1.82) is 0 Å². The van der Waals surface area contributed by atoms with E-state index >= 15 is 0 Å². The predicted octanol–water partition coefficient (Wildman–Crippen LogP) is 3.25. The predicted molar refractivity (Wildman–Crippen MR) is 107 cm³/mol. The number of amides is 1. The van der Waals surface area contributed by atoms with E-state index in [1.54, 1.807) is 0 Å². The van der Waals surface area contributed by atoms with E-state index in [-0.39, 0.29) is 5.91 Å². The number of carbonyl (C=O) groups excluding carboxylic acids is 1. The molecule has 0 unspecified atom stereocenters. The highest BCUT2D eigenvalue weighted by molar-refractivity contribution is 5.76. The number of nitrogens with zero attached hydrogens (tertiary/aromatic N) is 3. The Balaban J connectivity index is 1.43. The van der Waals surface area contributed by atoms with Crippen LogP contribution in [0.1, 0.15) is 18.9 Å². The van der Waals surface area contributed by atoms with Crippen LogP contribution in [0.15, 0.2) is 60.7 Å². The van der Waals surface area contributed by atoms with Gasteiger partial charge in [-0.15, -0.1) is 0 Å². The smallest absolute Gasteiger partial charge is 0.224 e. The summed E-state index contributed by atoms with van der Waals surface area (Å²) in [5.41, 5.74) is 2.49. The van der Waals surface area contributed by atoms with Gasteiger partial charge in [-0.2, -0.15) is 0 Å². The van der Waals surface area contributed by atoms with Gasteiger partial charge in [0.15, 0.2) is 0 Å². The van der Waals surface area contributed by atoms with Gasteiger partial charge in [-0.05, 0) is 24.6 Å². The van der Waals surface area contributed by atoms with Crippen molar-refractivity contribution < 1.29 is 4.79 Å². The third-order valence-electron chi connectivity index (χ3n) is 5.09. The Morgan fingerprint density at radius 1 is 0.923 bits per heavy atom. The first-order valence-electron chi connectivity index (χ1n) is 9.60. The Morgan fingerprint density at radius 2 is 1.54 bits per heavy atom. The summed E-state index contributed by atoms with van der Waals surface area (Å²) in [5.74, 6) is 0.252. The molecule has 0 bridgehead atoms. The highest BCUT2D eigenvalue weighted by Crippen LogP contribution is 2.15. The molecule has 4 heteroatoms. The zero-order valence-corrected chi connectivity index (χ0v) is 15.7. The number of para-hydroxylation sites is 1. The molecular weight excluding hydrogens is 322 g/mol. The molecule has 2 aromatic carbocycles. The van der Waals surface area contributed by atoms with E-state index < -0.39 is 0 Å². The summed E-state index contributed by atoms with van der Waals surface area (Å²) >= 11 is 0. The largest absolute Gasteiger partial charge is 0.369 e. The number of rotatable bonds is 7. The van der Waals surface area contributed by atoms with Crippen LogP contribution in [0.25, 0.3) is 0 Å². The highest BCUT2D eigenvalue weighted by Gasteiger charge is 2.19. The second kappa shape index (κ2) is 9.39. The van der Waals surface area contributed by atoms with Crippen molar-refractivity contribution in [2.75, 3.05) is 44.2 Å². The Bertz CT molecular complexity index is 666. The molecule has 26 heavy (non-hydrogen) atoms. The van der Waals surface area contributed by atoms with Gasteiger partial charge in [0.05, 0.1) is 0 Å². The standard InChI is InChI=1S/C22H29N3O/c1-2-24(19-20-9-5-3-6-10-20)22(26)13-14-23-15-17-25(18-16-23)21-11-7-4-8-12-21/h3-12H,2,13-19H2,1H3. The van der Waals surface area contributed by atoms with Gasteiger partial charge in [-0.25, -0.2) is 0 Å². The zero-order valence-electron chi connectivity index (χ0n) is 15.7. The Labute approximate surface area is 157 Å². The normalized spacial score (nSPS) is 15.0. The SMILES string of the molecule is CCN(Cc1ccccc1)C(=O)CCN1CCN(c2ccccc2)CC1. The van der Waals surface area contributed by atoms with E-state index in [2.05, 4.69) is 59.2 Å². The molecule has 2 aromatic rings. The summed E-state index contributed by atoms with van der Waals surface area (Å²) in [6, 6.07) is 20.8. The quantitative estimate of drug-likeness (QED) is 0.766. The fourth-order valence-corrected chi connectivity index (χ4v) is 3.46. The minimum Gasteiger partial charge on any atom is -0.369 e. The van der Waals surface area contributed by atoms with E-state index in [1.807, 2.05) is 23.1 Å². The molecular formula is C22H29N3O. The number of hydrogen-bond acceptors (Lipinski definition) is 3. The van der Waals surface area contributed by atoms with Gasteiger partial charge in [0.2, 0.25) is 5.91 Å². The molecule has 4 nitrogen and oxygen atoms in total. The number of carbonyl (C=O) groups is 1. The Kier molecular flexibility index (Phi) is 6.67. The average molecular weight is 351 g/mol. The van der Waals surface area contributed by atoms with Crippen LogP contribution in [0.3, 0.4) is 0 Å². The maximum Gasteiger partial charge on any atom is 0.224 e. The Hall–Kier alpha value is -2.33. The van der Waals surface area contributed by atoms with E-state index in [9.17, 15) is 4.79 Å². The summed E-state index contributed by atoms with van der Waals surface area (Å²) in [5, 5.41) is 0. The molecule has 1 aliphatic rings. The van der Waals surface area contributed by atoms with Crippen LogP contribution in [0.5, 0.6) is 0 Å². The van der Waals surface area contributed by atoms with Crippen LogP contribution in [0, 0.1) is 0 Å². The summed E-state index contributed by atoms with van der Waals surface area (Å²) in [7, 11) is 0. The van der Waals surface area contributed by atoms with Crippen LogP contribution in [0.2, 0.25) is 0 Å². The highest BCUT2D eigenvalue weighted by atomic mass is 16.2. The van der Waals surface area contributed by atoms with Crippen molar-refractivity contribution in [2.24, 2.45) is 0 Å². The minimum absolute atomic E-state index is 0.252. The second-order valence-corrected chi connectivity index (χ2v) is 6.81. The van der Waals surface area contributed by atoms with Crippen LogP contribution < -0.4 is 4.90 Å². The van der Waals surface area contributed by atoms with Gasteiger partial charge in [0.1, 0.15) is 0 Å². The summed E-state index contributed by atoms with van der Waals surface area (Å²) < 4.78 is 0. The number of hydrogen-bond donors (Lipinski definition) is 0. The van der Waals surface area contributed by atoms with Crippen molar-refractivity contribution in [1.82, 2.24) is 9.80 Å². The zero-order chi connectivity index (χ0) is 18.2. The van der Waals surface area contributed by atoms with E-state index in [1.165, 1.54) is 11.3 Å². The van der Waals surface area contributed by atoms with E-state index in [0.29, 0.717) is 13.0 Å². The van der Waals surface area contributed by atoms with E-state index in [0.717, 1.165) is 39.3 Å². The molecule has 0 aliphatic carbocycles. The lowest BCUT2D eigenvalue weighted by molar-refractivity contribution is -0.132. The first-order valence-corrected chi connectivity index (χ1v) is 9.60. The lowest BCUT2D eigenvalue weighted by atomic mass is 10.2. The van der Waals surface area contributed by atoms with E-state index in [4.69, 9.17) is 0 Å². The monoisotopic (exact) mass is 351 g/mol. The third-order valence-corrected chi connectivity index (χ3v) is 5.09. The van der Waals surface area contributed by atoms with Crippen molar-refractivity contribution in [3.63, 3.8) is 0 Å². The first-order chi connectivity index (χ1) is 12.8. The second-order valence-electron chi connectivity index (χ2n) is 6.81. The van der Waals surface area contributed by atoms with Crippen molar-refractivity contribution in [2.45, 2.75) is 19.9 Å². The van der Waals surface area contributed by atoms with Crippen molar-refractivity contribution in [3.8, 4) is 0 Å². The van der Waals surface area contributed by atoms with Gasteiger partial charge >= 0.3 is 0 Å². The molecule has 0 radical (unpaired) electrons. The fraction of sp³-hybridized carbons (Fsp3) is 0.409. The van der Waals surface area contributed by atoms with Gasteiger partial charge in [0.25, 0.3) is 0 Å². The molecule has 1 saturated heterocycles. The molecule has 1 aliphatic heterocycles. The van der Waals surface area contributed by atoms with Crippen LogP contribution in [-0.4, -0.2) is 55.0 Å². The molecule has 0 N–H and O–H groups in total. The first kappa shape index (κ1) is 18.5. The van der Waals surface area contributed by atoms with Gasteiger partial charge in [-0.3, -0.25) is 9.69 Å². The number of anilines is 1. The summed E-state index contributed by atoms with van der Waals surface area (Å²) in [6.45, 7) is 8.47. The van der Waals surface area contributed by atoms with Gasteiger partial charge in [-0.1, -0.05) is 48.5 Å². The minimum atomic E-state index is 0.252. The average Bonchev–Trinajstić information content (AvgIpc) is 2.72. The number of benzene rings is 2. The molecule has 0 spiro atoms. The lowest BCUT2D eigenvalue weighted by Crippen LogP contribution is -2.47. The Morgan fingerprint density at radius 3 is 2.15 bits per heavy atom. The molecule has 3 rings (SSSR count). The fourth-order valence-electron chi connectivity index (χ4n) is 3.46. The van der Waals surface area contributed by atoms with Crippen LogP contribution >= 0.6 is 0 Å². The third kappa shape index (κ3) is 5.09. The maximum atomic E-state index is 12.6. The van der Waals surface area contributed by atoms with Gasteiger partial charge in [0, 0.05) is 57.9 Å². The van der Waals surface area contributed by atoms with Crippen molar-refractivity contribution >= 4 is 11.6 Å². The van der Waals surface area contributed by atoms with Gasteiger partial charge < -0.3 is 9.80 Å². The molecule has 0 saturated carbocycles. The topological polar surface area (TPSA) is 26.8 Å². The molecule has 138 valence electrons. The lowest BCUT2D eigenvalue weighted by Gasteiger charge is -2.36. The van der Waals surface area contributed by atoms with Crippen LogP contribution in [-0.2, 0) is 11.3 Å². The molecule has 0 atom stereocenters. The molecule has 1 fully saturated rings. The molecule has 0 aromatic heterocycles. The van der Waals surface area contributed by atoms with Crippen molar-refractivity contribution in [3.05, 3.63) is 66.2 Å². The molecule has 1 amide bonds. The van der Waals surface area contributed by atoms with Crippen LogP contribution in [0.4, 0.5) is 5.69 Å². The summed E-state index contributed by atoms with van der Waals surface area (Å²) in [4.78, 5) is 19.4. The number of piperazine rings is 1. The maximum absolute atomic E-state index is 12.6.